The summed E-state index contributed by atoms with van der Waals surface area (Å²) in [6, 6.07) is 4.34. The standard InChI is InChI=1S/C14H19I3O/c1-3-4-5-6-7-10(2)18-14-12(16)8-11(15)9-13(14)17/h8-10H,3-7H2,1-2H3/t10-/m0/s1. The molecule has 0 aliphatic heterocycles. The van der Waals surface area contributed by atoms with E-state index in [1.807, 2.05) is 0 Å². The second-order valence-electron chi connectivity index (χ2n) is 4.48. The molecular formula is C14H19I3O. The van der Waals surface area contributed by atoms with E-state index in [-0.39, 0.29) is 0 Å². The summed E-state index contributed by atoms with van der Waals surface area (Å²) in [5, 5.41) is 0. The zero-order valence-corrected chi connectivity index (χ0v) is 17.3. The van der Waals surface area contributed by atoms with E-state index in [9.17, 15) is 0 Å². The molecule has 102 valence electrons. The third kappa shape index (κ3) is 6.11. The highest BCUT2D eigenvalue weighted by Gasteiger charge is 2.11. The van der Waals surface area contributed by atoms with Crippen LogP contribution in [0.2, 0.25) is 0 Å². The normalized spacial score (nSPS) is 12.5. The van der Waals surface area contributed by atoms with Gasteiger partial charge in [-0.1, -0.05) is 26.2 Å². The molecule has 0 aromatic heterocycles. The zero-order chi connectivity index (χ0) is 13.5. The summed E-state index contributed by atoms with van der Waals surface area (Å²) >= 11 is 7.07. The van der Waals surface area contributed by atoms with Gasteiger partial charge in [0.05, 0.1) is 13.2 Å². The van der Waals surface area contributed by atoms with Gasteiger partial charge in [-0.2, -0.15) is 0 Å². The molecule has 0 bridgehead atoms. The maximum atomic E-state index is 6.09. The van der Waals surface area contributed by atoms with Crippen molar-refractivity contribution in [3.63, 3.8) is 0 Å². The number of rotatable bonds is 7. The Kier molecular flexibility index (Phi) is 8.82. The summed E-state index contributed by atoms with van der Waals surface area (Å²) in [5.41, 5.74) is 0. The van der Waals surface area contributed by atoms with Crippen molar-refractivity contribution in [1.82, 2.24) is 0 Å². The number of hydrogen-bond acceptors (Lipinski definition) is 1. The lowest BCUT2D eigenvalue weighted by Crippen LogP contribution is -2.13. The minimum atomic E-state index is 0.309. The van der Waals surface area contributed by atoms with Gasteiger partial charge in [-0.25, -0.2) is 0 Å². The van der Waals surface area contributed by atoms with Crippen LogP contribution in [0.15, 0.2) is 12.1 Å². The quantitative estimate of drug-likeness (QED) is 0.273. The molecule has 0 unspecified atom stereocenters. The lowest BCUT2D eigenvalue weighted by molar-refractivity contribution is 0.203. The van der Waals surface area contributed by atoms with Gasteiger partial charge in [0.15, 0.2) is 0 Å². The molecule has 0 aliphatic rings. The van der Waals surface area contributed by atoms with E-state index < -0.39 is 0 Å². The highest BCUT2D eigenvalue weighted by molar-refractivity contribution is 14.1. The molecule has 0 fully saturated rings. The first-order valence-corrected chi connectivity index (χ1v) is 9.59. The minimum absolute atomic E-state index is 0.309. The molecule has 1 aromatic carbocycles. The van der Waals surface area contributed by atoms with Crippen LogP contribution in [0.4, 0.5) is 0 Å². The van der Waals surface area contributed by atoms with E-state index in [1.165, 1.54) is 36.4 Å². The van der Waals surface area contributed by atoms with Crippen LogP contribution in [0.5, 0.6) is 5.75 Å². The number of halogens is 3. The van der Waals surface area contributed by atoms with Gasteiger partial charge >= 0.3 is 0 Å². The molecule has 1 aromatic rings. The Morgan fingerprint density at radius 1 is 1.06 bits per heavy atom. The van der Waals surface area contributed by atoms with E-state index in [0.717, 1.165) is 12.2 Å². The fraction of sp³-hybridized carbons (Fsp3) is 0.571. The van der Waals surface area contributed by atoms with Gasteiger partial charge in [0.25, 0.3) is 0 Å². The Morgan fingerprint density at radius 3 is 2.22 bits per heavy atom. The average Bonchev–Trinajstić information content (AvgIpc) is 2.29. The van der Waals surface area contributed by atoms with Gasteiger partial charge in [-0.05, 0) is 99.7 Å². The number of hydrogen-bond donors (Lipinski definition) is 0. The maximum Gasteiger partial charge on any atom is 0.146 e. The molecule has 1 nitrogen and oxygen atoms in total. The van der Waals surface area contributed by atoms with Crippen LogP contribution in [0.1, 0.15) is 46.0 Å². The number of benzene rings is 1. The molecule has 0 amide bonds. The fourth-order valence-electron chi connectivity index (χ4n) is 1.76. The molecule has 0 spiro atoms. The van der Waals surface area contributed by atoms with Crippen LogP contribution >= 0.6 is 67.8 Å². The van der Waals surface area contributed by atoms with Crippen molar-refractivity contribution in [3.05, 3.63) is 22.8 Å². The molecule has 1 rings (SSSR count). The van der Waals surface area contributed by atoms with Gasteiger partial charge in [0.1, 0.15) is 5.75 Å². The van der Waals surface area contributed by atoms with Crippen molar-refractivity contribution in [2.24, 2.45) is 0 Å². The van der Waals surface area contributed by atoms with Gasteiger partial charge in [-0.3, -0.25) is 0 Å². The van der Waals surface area contributed by atoms with Crippen molar-refractivity contribution in [3.8, 4) is 5.75 Å². The first-order valence-electron chi connectivity index (χ1n) is 6.35. The molecule has 0 heterocycles. The lowest BCUT2D eigenvalue weighted by atomic mass is 10.1. The first-order chi connectivity index (χ1) is 8.54. The minimum Gasteiger partial charge on any atom is -0.488 e. The second-order valence-corrected chi connectivity index (χ2v) is 8.05. The third-order valence-electron chi connectivity index (χ3n) is 2.75. The van der Waals surface area contributed by atoms with Crippen molar-refractivity contribution >= 4 is 67.8 Å². The summed E-state index contributed by atoms with van der Waals surface area (Å²) in [4.78, 5) is 0. The van der Waals surface area contributed by atoms with Crippen LogP contribution in [0.3, 0.4) is 0 Å². The van der Waals surface area contributed by atoms with Gasteiger partial charge in [0.2, 0.25) is 0 Å². The molecule has 18 heavy (non-hydrogen) atoms. The first kappa shape index (κ1) is 17.3. The molecule has 0 N–H and O–H groups in total. The Balaban J connectivity index is 2.51. The van der Waals surface area contributed by atoms with E-state index in [4.69, 9.17) is 4.74 Å². The van der Waals surface area contributed by atoms with Crippen LogP contribution < -0.4 is 4.74 Å². The largest absolute Gasteiger partial charge is 0.488 e. The summed E-state index contributed by atoms with van der Waals surface area (Å²) in [5.74, 6) is 1.06. The van der Waals surface area contributed by atoms with E-state index in [0.29, 0.717) is 6.10 Å². The van der Waals surface area contributed by atoms with Crippen LogP contribution in [-0.4, -0.2) is 6.10 Å². The summed E-state index contributed by atoms with van der Waals surface area (Å²) < 4.78 is 9.79. The molecule has 4 heteroatoms. The Morgan fingerprint density at radius 2 is 1.67 bits per heavy atom. The van der Waals surface area contributed by atoms with Gasteiger partial charge in [0, 0.05) is 3.57 Å². The van der Waals surface area contributed by atoms with E-state index >= 15 is 0 Å². The number of ether oxygens (including phenoxy) is 1. The topological polar surface area (TPSA) is 9.23 Å². The molecule has 0 radical (unpaired) electrons. The molecule has 0 saturated heterocycles. The lowest BCUT2D eigenvalue weighted by Gasteiger charge is -2.17. The van der Waals surface area contributed by atoms with E-state index in [2.05, 4.69) is 93.8 Å². The molecular weight excluding hydrogens is 565 g/mol. The molecule has 0 saturated carbocycles. The summed E-state index contributed by atoms with van der Waals surface area (Å²) in [6.07, 6.45) is 6.69. The third-order valence-corrected chi connectivity index (χ3v) is 4.97. The highest BCUT2D eigenvalue weighted by Crippen LogP contribution is 2.30. The predicted molar refractivity (Wildman–Crippen MR) is 103 cm³/mol. The predicted octanol–water partition coefficient (Wildman–Crippen LogP) is 6.24. The number of unbranched alkanes of at least 4 members (excludes halogenated alkanes) is 3. The molecule has 1 atom stereocenters. The average molecular weight is 584 g/mol. The van der Waals surface area contributed by atoms with Crippen molar-refractivity contribution in [2.45, 2.75) is 52.1 Å². The van der Waals surface area contributed by atoms with Crippen LogP contribution in [0.25, 0.3) is 0 Å². The Labute approximate surface area is 151 Å². The van der Waals surface area contributed by atoms with Gasteiger partial charge in [-0.15, -0.1) is 0 Å². The van der Waals surface area contributed by atoms with Gasteiger partial charge < -0.3 is 4.74 Å². The SMILES string of the molecule is CCCCCC[C@H](C)Oc1c(I)cc(I)cc1I. The van der Waals surface area contributed by atoms with E-state index in [1.54, 1.807) is 0 Å². The highest BCUT2D eigenvalue weighted by atomic mass is 127. The smallest absolute Gasteiger partial charge is 0.146 e. The molecule has 0 aliphatic carbocycles. The summed E-state index contributed by atoms with van der Waals surface area (Å²) in [6.45, 7) is 4.42. The second kappa shape index (κ2) is 9.20. The maximum absolute atomic E-state index is 6.09. The van der Waals surface area contributed by atoms with Crippen molar-refractivity contribution < 1.29 is 4.74 Å². The zero-order valence-electron chi connectivity index (χ0n) is 10.8. The van der Waals surface area contributed by atoms with Crippen LogP contribution in [0, 0.1) is 10.7 Å². The van der Waals surface area contributed by atoms with Crippen molar-refractivity contribution in [1.29, 1.82) is 0 Å². The van der Waals surface area contributed by atoms with Crippen LogP contribution in [-0.2, 0) is 0 Å². The Bertz CT molecular complexity index is 356. The fourth-order valence-corrected chi connectivity index (χ4v) is 5.60. The monoisotopic (exact) mass is 584 g/mol. The summed E-state index contributed by atoms with van der Waals surface area (Å²) in [7, 11) is 0. The van der Waals surface area contributed by atoms with Crippen molar-refractivity contribution in [2.75, 3.05) is 0 Å². The Hall–Kier alpha value is 1.21.